The molecule has 66 valence electrons. The van der Waals surface area contributed by atoms with E-state index in [0.717, 1.165) is 17.8 Å². The van der Waals surface area contributed by atoms with Crippen LogP contribution in [0.3, 0.4) is 0 Å². The van der Waals surface area contributed by atoms with E-state index in [1.54, 1.807) is 0 Å². The van der Waals surface area contributed by atoms with Gasteiger partial charge in [-0.15, -0.1) is 0 Å². The fourth-order valence-electron chi connectivity index (χ4n) is 2.04. The first-order chi connectivity index (χ1) is 5.24. The molecule has 0 bridgehead atoms. The van der Waals surface area contributed by atoms with Crippen LogP contribution in [0.5, 0.6) is 0 Å². The van der Waals surface area contributed by atoms with Crippen LogP contribution in [0.4, 0.5) is 0 Å². The molecule has 0 aromatic rings. The number of hydrogen-bond donors (Lipinski definition) is 1. The van der Waals surface area contributed by atoms with E-state index in [9.17, 15) is 0 Å². The van der Waals surface area contributed by atoms with E-state index in [2.05, 4.69) is 19.2 Å². The second kappa shape index (κ2) is 4.10. The van der Waals surface area contributed by atoms with Gasteiger partial charge in [-0.2, -0.15) is 0 Å². The minimum atomic E-state index is 0.943. The molecular formula is C10H21N. The highest BCUT2D eigenvalue weighted by molar-refractivity contribution is 4.80. The van der Waals surface area contributed by atoms with Crippen molar-refractivity contribution in [2.45, 2.75) is 33.1 Å². The molecular weight excluding hydrogens is 134 g/mol. The van der Waals surface area contributed by atoms with Gasteiger partial charge in [0.05, 0.1) is 0 Å². The lowest BCUT2D eigenvalue weighted by Crippen LogP contribution is -2.28. The predicted octanol–water partition coefficient (Wildman–Crippen LogP) is 2.28. The van der Waals surface area contributed by atoms with Crippen molar-refractivity contribution in [3.63, 3.8) is 0 Å². The van der Waals surface area contributed by atoms with E-state index in [4.69, 9.17) is 0 Å². The lowest BCUT2D eigenvalue weighted by Gasteiger charge is -2.37. The summed E-state index contributed by atoms with van der Waals surface area (Å²) >= 11 is 0. The zero-order valence-electron chi connectivity index (χ0n) is 8.06. The van der Waals surface area contributed by atoms with Crippen molar-refractivity contribution in [1.29, 1.82) is 0 Å². The van der Waals surface area contributed by atoms with E-state index < -0.39 is 0 Å². The molecule has 1 saturated carbocycles. The molecule has 0 saturated heterocycles. The maximum Gasteiger partial charge on any atom is -0.00493 e. The first-order valence-electron chi connectivity index (χ1n) is 4.88. The Kier molecular flexibility index (Phi) is 3.38. The molecule has 1 N–H and O–H groups in total. The molecule has 0 aromatic heterocycles. The second-order valence-electron chi connectivity index (χ2n) is 4.21. The van der Waals surface area contributed by atoms with Gasteiger partial charge in [-0.3, -0.25) is 0 Å². The van der Waals surface area contributed by atoms with E-state index in [-0.39, 0.29) is 0 Å². The van der Waals surface area contributed by atoms with Gasteiger partial charge in [0, 0.05) is 0 Å². The fraction of sp³-hybridized carbons (Fsp3) is 1.00. The average molecular weight is 155 g/mol. The van der Waals surface area contributed by atoms with Gasteiger partial charge < -0.3 is 5.32 Å². The Balaban J connectivity index is 2.06. The van der Waals surface area contributed by atoms with Crippen molar-refractivity contribution in [3.8, 4) is 0 Å². The van der Waals surface area contributed by atoms with Crippen LogP contribution in [0.2, 0.25) is 0 Å². The summed E-state index contributed by atoms with van der Waals surface area (Å²) in [6, 6.07) is 0. The summed E-state index contributed by atoms with van der Waals surface area (Å²) in [6.07, 6.45) is 4.31. The predicted molar refractivity (Wildman–Crippen MR) is 49.6 cm³/mol. The van der Waals surface area contributed by atoms with Gasteiger partial charge in [0.25, 0.3) is 0 Å². The quantitative estimate of drug-likeness (QED) is 0.656. The van der Waals surface area contributed by atoms with Crippen molar-refractivity contribution >= 4 is 0 Å². The number of nitrogens with one attached hydrogen (secondary N) is 1. The smallest absolute Gasteiger partial charge is 0.00493 e. The van der Waals surface area contributed by atoms with E-state index >= 15 is 0 Å². The van der Waals surface area contributed by atoms with Crippen molar-refractivity contribution < 1.29 is 0 Å². The Morgan fingerprint density at radius 1 is 1.45 bits per heavy atom. The highest BCUT2D eigenvalue weighted by atomic mass is 14.8. The molecule has 11 heavy (non-hydrogen) atoms. The topological polar surface area (TPSA) is 12.0 Å². The van der Waals surface area contributed by atoms with Gasteiger partial charge in [0.2, 0.25) is 0 Å². The first kappa shape index (κ1) is 9.05. The Hall–Kier alpha value is -0.0400. The highest BCUT2D eigenvalue weighted by Gasteiger charge is 2.29. The standard InChI is InChI=1S/C10H21N/c1-8-6-10(7-8)9(2)4-5-11-3/h8-11H,4-7H2,1-3H3. The zero-order chi connectivity index (χ0) is 8.27. The molecule has 1 aliphatic rings. The molecule has 0 radical (unpaired) electrons. The highest BCUT2D eigenvalue weighted by Crippen LogP contribution is 2.39. The van der Waals surface area contributed by atoms with Gasteiger partial charge >= 0.3 is 0 Å². The van der Waals surface area contributed by atoms with Crippen LogP contribution in [0.1, 0.15) is 33.1 Å². The fourth-order valence-corrected chi connectivity index (χ4v) is 2.04. The maximum atomic E-state index is 3.21. The Morgan fingerprint density at radius 3 is 2.55 bits per heavy atom. The second-order valence-corrected chi connectivity index (χ2v) is 4.21. The lowest BCUT2D eigenvalue weighted by atomic mass is 9.69. The maximum absolute atomic E-state index is 3.21. The largest absolute Gasteiger partial charge is 0.320 e. The third-order valence-electron chi connectivity index (χ3n) is 3.06. The minimum absolute atomic E-state index is 0.943. The Morgan fingerprint density at radius 2 is 2.09 bits per heavy atom. The molecule has 1 rings (SSSR count). The van der Waals surface area contributed by atoms with Crippen LogP contribution in [-0.2, 0) is 0 Å². The molecule has 1 nitrogen and oxygen atoms in total. The summed E-state index contributed by atoms with van der Waals surface area (Å²) in [5, 5.41) is 3.21. The summed E-state index contributed by atoms with van der Waals surface area (Å²) in [7, 11) is 2.04. The minimum Gasteiger partial charge on any atom is -0.320 e. The summed E-state index contributed by atoms with van der Waals surface area (Å²) in [6.45, 7) is 5.95. The van der Waals surface area contributed by atoms with E-state index in [0.29, 0.717) is 0 Å². The van der Waals surface area contributed by atoms with Gasteiger partial charge in [0.1, 0.15) is 0 Å². The first-order valence-corrected chi connectivity index (χ1v) is 4.88. The van der Waals surface area contributed by atoms with Gasteiger partial charge in [0.15, 0.2) is 0 Å². The van der Waals surface area contributed by atoms with Gasteiger partial charge in [-0.05, 0) is 50.6 Å². The van der Waals surface area contributed by atoms with E-state index in [1.165, 1.54) is 25.8 Å². The lowest BCUT2D eigenvalue weighted by molar-refractivity contribution is 0.141. The molecule has 1 heteroatoms. The summed E-state index contributed by atoms with van der Waals surface area (Å²) in [5.74, 6) is 2.99. The summed E-state index contributed by atoms with van der Waals surface area (Å²) in [4.78, 5) is 0. The van der Waals surface area contributed by atoms with Gasteiger partial charge in [-0.1, -0.05) is 13.8 Å². The third kappa shape index (κ3) is 2.48. The Labute approximate surface area is 70.6 Å². The molecule has 1 atom stereocenters. The molecule has 1 fully saturated rings. The molecule has 1 aliphatic carbocycles. The SMILES string of the molecule is CNCCC(C)C1CC(C)C1. The zero-order valence-corrected chi connectivity index (χ0v) is 8.06. The molecule has 0 heterocycles. The van der Waals surface area contributed by atoms with Gasteiger partial charge in [-0.25, -0.2) is 0 Å². The van der Waals surface area contributed by atoms with Crippen LogP contribution < -0.4 is 5.32 Å². The third-order valence-corrected chi connectivity index (χ3v) is 3.06. The van der Waals surface area contributed by atoms with Crippen molar-refractivity contribution in [1.82, 2.24) is 5.32 Å². The van der Waals surface area contributed by atoms with Crippen molar-refractivity contribution in [3.05, 3.63) is 0 Å². The average Bonchev–Trinajstić information content (AvgIpc) is 1.94. The van der Waals surface area contributed by atoms with Crippen LogP contribution >= 0.6 is 0 Å². The van der Waals surface area contributed by atoms with Crippen LogP contribution in [0.15, 0.2) is 0 Å². The molecule has 0 aromatic carbocycles. The van der Waals surface area contributed by atoms with Crippen LogP contribution in [-0.4, -0.2) is 13.6 Å². The molecule has 0 spiro atoms. The summed E-state index contributed by atoms with van der Waals surface area (Å²) < 4.78 is 0. The van der Waals surface area contributed by atoms with Crippen molar-refractivity contribution in [2.75, 3.05) is 13.6 Å². The molecule has 1 unspecified atom stereocenters. The molecule has 0 aliphatic heterocycles. The summed E-state index contributed by atoms with van der Waals surface area (Å²) in [5.41, 5.74) is 0. The molecule has 0 amide bonds. The normalized spacial score (nSPS) is 33.0. The van der Waals surface area contributed by atoms with Crippen molar-refractivity contribution in [2.24, 2.45) is 17.8 Å². The van der Waals surface area contributed by atoms with Crippen LogP contribution in [0, 0.1) is 17.8 Å². The Bertz CT molecular complexity index is 105. The number of rotatable bonds is 4. The number of hydrogen-bond acceptors (Lipinski definition) is 1. The monoisotopic (exact) mass is 155 g/mol. The van der Waals surface area contributed by atoms with Crippen LogP contribution in [0.25, 0.3) is 0 Å². The van der Waals surface area contributed by atoms with E-state index in [1.807, 2.05) is 7.05 Å².